The first-order valence-corrected chi connectivity index (χ1v) is 5.32. The predicted molar refractivity (Wildman–Crippen MR) is 63.4 cm³/mol. The Morgan fingerprint density at radius 3 is 2.61 bits per heavy atom. The molecule has 0 spiro atoms. The molecule has 0 radical (unpaired) electrons. The maximum absolute atomic E-state index is 12.0. The Balaban J connectivity index is 2.78. The Bertz CT molecular complexity index is 737. The fourth-order valence-electron chi connectivity index (χ4n) is 1.57. The van der Waals surface area contributed by atoms with Crippen LogP contribution in [0.2, 0.25) is 0 Å². The average molecular weight is 252 g/mol. The van der Waals surface area contributed by atoms with Gasteiger partial charge >= 0.3 is 5.69 Å². The molecule has 0 fully saturated rings. The molecule has 8 heteroatoms. The monoisotopic (exact) mass is 252 g/mol. The summed E-state index contributed by atoms with van der Waals surface area (Å²) in [6.45, 7) is 1.67. The molecular formula is C10H12N4O4. The van der Waals surface area contributed by atoms with Gasteiger partial charge in [0.05, 0.1) is 0 Å². The zero-order valence-electron chi connectivity index (χ0n) is 10.2. The van der Waals surface area contributed by atoms with Crippen molar-refractivity contribution in [3.05, 3.63) is 20.8 Å². The average Bonchev–Trinajstić information content (AvgIpc) is 2.77. The molecule has 0 aliphatic heterocycles. The third kappa shape index (κ3) is 1.62. The zero-order chi connectivity index (χ0) is 13.4. The maximum Gasteiger partial charge on any atom is 0.332 e. The van der Waals surface area contributed by atoms with Crippen molar-refractivity contribution in [3.8, 4) is 0 Å². The number of nitrogens with zero attached hydrogens (tertiary/aromatic N) is 3. The fourth-order valence-corrected chi connectivity index (χ4v) is 1.57. The molecule has 2 aromatic rings. The molecule has 0 bridgehead atoms. The highest BCUT2D eigenvalue weighted by atomic mass is 16.5. The van der Waals surface area contributed by atoms with E-state index in [1.165, 1.54) is 18.7 Å². The van der Waals surface area contributed by atoms with Gasteiger partial charge in [0.15, 0.2) is 5.65 Å². The molecule has 0 saturated carbocycles. The van der Waals surface area contributed by atoms with Gasteiger partial charge in [0, 0.05) is 20.5 Å². The summed E-state index contributed by atoms with van der Waals surface area (Å²) in [5.74, 6) is -0.336. The van der Waals surface area contributed by atoms with Crippen LogP contribution in [0, 0.1) is 0 Å². The lowest BCUT2D eigenvalue weighted by atomic mass is 10.3. The highest BCUT2D eigenvalue weighted by Crippen LogP contribution is 2.17. The molecule has 2 aromatic heterocycles. The number of fused-ring (bicyclic) bond motifs is 1. The minimum absolute atomic E-state index is 0.0342. The van der Waals surface area contributed by atoms with Gasteiger partial charge in [-0.05, 0) is 0 Å². The molecule has 1 N–H and O–H groups in total. The second-order valence-electron chi connectivity index (χ2n) is 3.82. The van der Waals surface area contributed by atoms with Crippen LogP contribution in [0.25, 0.3) is 11.0 Å². The quantitative estimate of drug-likeness (QED) is 0.782. The van der Waals surface area contributed by atoms with E-state index in [9.17, 15) is 14.4 Å². The minimum Gasteiger partial charge on any atom is -0.335 e. The second-order valence-corrected chi connectivity index (χ2v) is 3.82. The molecule has 1 amide bonds. The van der Waals surface area contributed by atoms with E-state index in [0.717, 1.165) is 4.57 Å². The van der Waals surface area contributed by atoms with E-state index in [2.05, 4.69) is 10.5 Å². The highest BCUT2D eigenvalue weighted by molar-refractivity contribution is 5.97. The van der Waals surface area contributed by atoms with Crippen LogP contribution in [0.5, 0.6) is 0 Å². The summed E-state index contributed by atoms with van der Waals surface area (Å²) >= 11 is 0. The van der Waals surface area contributed by atoms with Gasteiger partial charge in [-0.1, -0.05) is 12.1 Å². The standard InChI is InChI=1S/C10H12N4O4/c1-4-5(15)11-8-6-7(12-18-8)13(2)10(17)14(3)9(6)16/h4H2,1-3H3,(H,11,15). The third-order valence-electron chi connectivity index (χ3n) is 2.66. The van der Waals surface area contributed by atoms with Gasteiger partial charge in [0.25, 0.3) is 5.56 Å². The first-order chi connectivity index (χ1) is 8.47. The smallest absolute Gasteiger partial charge is 0.332 e. The van der Waals surface area contributed by atoms with Crippen LogP contribution in [0.1, 0.15) is 13.3 Å². The van der Waals surface area contributed by atoms with Crippen LogP contribution in [0.4, 0.5) is 5.88 Å². The summed E-state index contributed by atoms with van der Waals surface area (Å²) in [5.41, 5.74) is -0.954. The minimum atomic E-state index is -0.555. The Morgan fingerprint density at radius 1 is 1.33 bits per heavy atom. The summed E-state index contributed by atoms with van der Waals surface area (Å²) in [6.07, 6.45) is 0.244. The number of amides is 1. The van der Waals surface area contributed by atoms with Crippen molar-refractivity contribution in [3.63, 3.8) is 0 Å². The number of aryl methyl sites for hydroxylation is 1. The topological polar surface area (TPSA) is 99.1 Å². The van der Waals surface area contributed by atoms with Crippen LogP contribution in [-0.4, -0.2) is 20.2 Å². The zero-order valence-corrected chi connectivity index (χ0v) is 10.2. The van der Waals surface area contributed by atoms with E-state index in [1.807, 2.05) is 0 Å². The molecule has 0 atom stereocenters. The first-order valence-electron chi connectivity index (χ1n) is 5.32. The number of carbonyl (C=O) groups is 1. The molecule has 0 aromatic carbocycles. The molecule has 0 saturated heterocycles. The number of anilines is 1. The number of hydrogen-bond acceptors (Lipinski definition) is 5. The number of rotatable bonds is 2. The van der Waals surface area contributed by atoms with Crippen molar-refractivity contribution in [1.82, 2.24) is 14.3 Å². The second kappa shape index (κ2) is 4.13. The van der Waals surface area contributed by atoms with E-state index in [0.29, 0.717) is 0 Å². The number of hydrogen-bond donors (Lipinski definition) is 1. The first kappa shape index (κ1) is 12.1. The Kier molecular flexibility index (Phi) is 2.77. The molecule has 0 unspecified atom stereocenters. The van der Waals surface area contributed by atoms with Crippen molar-refractivity contribution in [1.29, 1.82) is 0 Å². The van der Waals surface area contributed by atoms with Crippen molar-refractivity contribution in [2.45, 2.75) is 13.3 Å². The van der Waals surface area contributed by atoms with E-state index in [-0.39, 0.29) is 29.2 Å². The molecule has 18 heavy (non-hydrogen) atoms. The van der Waals surface area contributed by atoms with Gasteiger partial charge in [-0.25, -0.2) is 4.79 Å². The molecule has 8 nitrogen and oxygen atoms in total. The van der Waals surface area contributed by atoms with Crippen LogP contribution in [0.15, 0.2) is 14.1 Å². The Labute approximate surface area is 101 Å². The number of nitrogens with one attached hydrogen (secondary N) is 1. The summed E-state index contributed by atoms with van der Waals surface area (Å²) in [4.78, 5) is 34.9. The Hall–Kier alpha value is -2.38. The van der Waals surface area contributed by atoms with Crippen molar-refractivity contribution >= 4 is 22.8 Å². The molecule has 96 valence electrons. The summed E-state index contributed by atoms with van der Waals surface area (Å²) < 4.78 is 7.02. The summed E-state index contributed by atoms with van der Waals surface area (Å²) in [5, 5.41) is 6.15. The van der Waals surface area contributed by atoms with E-state index >= 15 is 0 Å². The van der Waals surface area contributed by atoms with Crippen LogP contribution in [-0.2, 0) is 18.9 Å². The molecule has 2 heterocycles. The highest BCUT2D eigenvalue weighted by Gasteiger charge is 2.19. The van der Waals surface area contributed by atoms with Gasteiger partial charge in [0.2, 0.25) is 11.8 Å². The lowest BCUT2D eigenvalue weighted by Gasteiger charge is -2.02. The van der Waals surface area contributed by atoms with Crippen LogP contribution < -0.4 is 16.6 Å². The van der Waals surface area contributed by atoms with E-state index in [4.69, 9.17) is 4.52 Å². The lowest BCUT2D eigenvalue weighted by molar-refractivity contribution is -0.116. The largest absolute Gasteiger partial charge is 0.335 e. The maximum atomic E-state index is 12.0. The fraction of sp³-hybridized carbons (Fsp3) is 0.400. The van der Waals surface area contributed by atoms with Gasteiger partial charge < -0.3 is 4.52 Å². The van der Waals surface area contributed by atoms with Crippen LogP contribution >= 0.6 is 0 Å². The van der Waals surface area contributed by atoms with Crippen LogP contribution in [0.3, 0.4) is 0 Å². The van der Waals surface area contributed by atoms with Crippen molar-refractivity contribution in [2.24, 2.45) is 14.1 Å². The summed E-state index contributed by atoms with van der Waals surface area (Å²) in [7, 11) is 2.82. The SMILES string of the molecule is CCC(=O)Nc1onc2c1c(=O)n(C)c(=O)n2C. The molecular weight excluding hydrogens is 240 g/mol. The van der Waals surface area contributed by atoms with E-state index in [1.54, 1.807) is 6.92 Å². The van der Waals surface area contributed by atoms with Gasteiger partial charge in [0.1, 0.15) is 5.39 Å². The molecule has 2 rings (SSSR count). The predicted octanol–water partition coefficient (Wildman–Crippen LogP) is -0.426. The third-order valence-corrected chi connectivity index (χ3v) is 2.66. The van der Waals surface area contributed by atoms with Crippen molar-refractivity contribution < 1.29 is 9.32 Å². The van der Waals surface area contributed by atoms with Gasteiger partial charge in [-0.15, -0.1) is 0 Å². The Morgan fingerprint density at radius 2 is 2.00 bits per heavy atom. The lowest BCUT2D eigenvalue weighted by Crippen LogP contribution is -2.37. The normalized spacial score (nSPS) is 10.8. The number of aromatic nitrogens is 3. The van der Waals surface area contributed by atoms with E-state index < -0.39 is 11.2 Å². The van der Waals surface area contributed by atoms with Gasteiger partial charge in [-0.2, -0.15) is 0 Å². The van der Waals surface area contributed by atoms with Crippen molar-refractivity contribution in [2.75, 3.05) is 5.32 Å². The van der Waals surface area contributed by atoms with Gasteiger partial charge in [-0.3, -0.25) is 24.0 Å². The molecule has 0 aliphatic carbocycles. The molecule has 0 aliphatic rings. The number of carbonyl (C=O) groups excluding carboxylic acids is 1. The summed E-state index contributed by atoms with van der Waals surface area (Å²) in [6, 6.07) is 0.